The van der Waals surface area contributed by atoms with Crippen LogP contribution in [0.1, 0.15) is 43.8 Å². The molecule has 0 bridgehead atoms. The van der Waals surface area contributed by atoms with E-state index in [1.165, 1.54) is 5.56 Å². The maximum Gasteiger partial charge on any atom is 0.148 e. The van der Waals surface area contributed by atoms with Gasteiger partial charge in [0.1, 0.15) is 5.82 Å². The van der Waals surface area contributed by atoms with Crippen LogP contribution in [0, 0.1) is 0 Å². The van der Waals surface area contributed by atoms with E-state index in [9.17, 15) is 0 Å². The molecule has 2 aromatic rings. The van der Waals surface area contributed by atoms with E-state index in [0.717, 1.165) is 30.0 Å². The van der Waals surface area contributed by atoms with E-state index < -0.39 is 0 Å². The summed E-state index contributed by atoms with van der Waals surface area (Å²) >= 11 is 0. The zero-order valence-electron chi connectivity index (χ0n) is 11.9. The van der Waals surface area contributed by atoms with Crippen molar-refractivity contribution in [3.05, 3.63) is 53.5 Å². The van der Waals surface area contributed by atoms with Crippen LogP contribution >= 0.6 is 0 Å². The molecular weight excluding hydrogens is 234 g/mol. The van der Waals surface area contributed by atoms with Gasteiger partial charge in [0.25, 0.3) is 0 Å². The molecule has 0 saturated carbocycles. The fraction of sp³-hybridized carbons (Fsp3) is 0.375. The van der Waals surface area contributed by atoms with Gasteiger partial charge in [0.15, 0.2) is 0 Å². The van der Waals surface area contributed by atoms with Gasteiger partial charge in [0.05, 0.1) is 17.4 Å². The van der Waals surface area contributed by atoms with E-state index in [1.807, 2.05) is 12.3 Å². The van der Waals surface area contributed by atoms with E-state index in [4.69, 9.17) is 0 Å². The highest BCUT2D eigenvalue weighted by atomic mass is 15.0. The van der Waals surface area contributed by atoms with Crippen molar-refractivity contribution in [1.82, 2.24) is 9.97 Å². The summed E-state index contributed by atoms with van der Waals surface area (Å²) < 4.78 is 0. The summed E-state index contributed by atoms with van der Waals surface area (Å²) in [6.07, 6.45) is 3.67. The lowest BCUT2D eigenvalue weighted by atomic mass is 10.1. The highest BCUT2D eigenvalue weighted by Crippen LogP contribution is 2.20. The number of rotatable bonds is 5. The molecule has 0 radical (unpaired) electrons. The molecule has 1 N–H and O–H groups in total. The lowest BCUT2D eigenvalue weighted by Crippen LogP contribution is -2.11. The molecule has 0 spiro atoms. The molecule has 1 atom stereocenters. The molecule has 3 heteroatoms. The predicted octanol–water partition coefficient (Wildman–Crippen LogP) is 3.77. The van der Waals surface area contributed by atoms with Crippen LogP contribution < -0.4 is 5.32 Å². The van der Waals surface area contributed by atoms with Crippen LogP contribution in [0.15, 0.2) is 36.5 Å². The van der Waals surface area contributed by atoms with Gasteiger partial charge in [-0.1, -0.05) is 44.2 Å². The summed E-state index contributed by atoms with van der Waals surface area (Å²) in [5.74, 6) is 0.915. The van der Waals surface area contributed by atoms with Gasteiger partial charge in [-0.05, 0) is 25.3 Å². The molecule has 0 unspecified atom stereocenters. The molecule has 0 aliphatic rings. The fourth-order valence-corrected chi connectivity index (χ4v) is 2.03. The van der Waals surface area contributed by atoms with E-state index in [1.54, 1.807) is 0 Å². The van der Waals surface area contributed by atoms with Crippen molar-refractivity contribution in [2.75, 3.05) is 5.32 Å². The number of anilines is 1. The molecule has 2 rings (SSSR count). The van der Waals surface area contributed by atoms with E-state index in [-0.39, 0.29) is 6.04 Å². The van der Waals surface area contributed by atoms with Crippen LogP contribution in [0.4, 0.5) is 5.82 Å². The average Bonchev–Trinajstić information content (AvgIpc) is 2.48. The number of hydrogen-bond acceptors (Lipinski definition) is 3. The highest BCUT2D eigenvalue weighted by Gasteiger charge is 2.10. The van der Waals surface area contributed by atoms with Gasteiger partial charge < -0.3 is 5.32 Å². The van der Waals surface area contributed by atoms with Gasteiger partial charge in [-0.15, -0.1) is 0 Å². The lowest BCUT2D eigenvalue weighted by molar-refractivity contribution is 0.845. The lowest BCUT2D eigenvalue weighted by Gasteiger charge is -2.17. The second-order valence-corrected chi connectivity index (χ2v) is 4.64. The molecule has 3 nitrogen and oxygen atoms in total. The van der Waals surface area contributed by atoms with Crippen LogP contribution in [0.3, 0.4) is 0 Å². The number of nitrogens with zero attached hydrogens (tertiary/aromatic N) is 2. The molecule has 100 valence electrons. The SMILES string of the molecule is CCc1cnc(CC)c(N[C@H](C)c2ccccc2)n1. The normalized spacial score (nSPS) is 12.2. The van der Waals surface area contributed by atoms with Crippen molar-refractivity contribution < 1.29 is 0 Å². The smallest absolute Gasteiger partial charge is 0.148 e. The van der Waals surface area contributed by atoms with Gasteiger partial charge >= 0.3 is 0 Å². The number of aryl methyl sites for hydroxylation is 2. The van der Waals surface area contributed by atoms with Crippen LogP contribution in [0.25, 0.3) is 0 Å². The van der Waals surface area contributed by atoms with Crippen LogP contribution in [0.2, 0.25) is 0 Å². The van der Waals surface area contributed by atoms with Crippen molar-refractivity contribution in [2.45, 2.75) is 39.7 Å². The first-order valence-corrected chi connectivity index (χ1v) is 6.90. The summed E-state index contributed by atoms with van der Waals surface area (Å²) in [6, 6.07) is 10.6. The quantitative estimate of drug-likeness (QED) is 0.883. The molecular formula is C16H21N3. The number of nitrogens with one attached hydrogen (secondary N) is 1. The summed E-state index contributed by atoms with van der Waals surface area (Å²) in [7, 11) is 0. The summed E-state index contributed by atoms with van der Waals surface area (Å²) in [6.45, 7) is 6.35. The minimum absolute atomic E-state index is 0.230. The van der Waals surface area contributed by atoms with Crippen molar-refractivity contribution in [3.63, 3.8) is 0 Å². The zero-order valence-corrected chi connectivity index (χ0v) is 11.9. The molecule has 1 heterocycles. The Balaban J connectivity index is 2.22. The first kappa shape index (κ1) is 13.5. The van der Waals surface area contributed by atoms with Crippen LogP contribution in [-0.4, -0.2) is 9.97 Å². The van der Waals surface area contributed by atoms with E-state index in [2.05, 4.69) is 60.3 Å². The Labute approximate surface area is 115 Å². The Morgan fingerprint density at radius 2 is 1.84 bits per heavy atom. The van der Waals surface area contributed by atoms with Crippen LogP contribution in [0.5, 0.6) is 0 Å². The Hall–Kier alpha value is -1.90. The second-order valence-electron chi connectivity index (χ2n) is 4.64. The van der Waals surface area contributed by atoms with Gasteiger partial charge in [0.2, 0.25) is 0 Å². The highest BCUT2D eigenvalue weighted by molar-refractivity contribution is 5.43. The maximum atomic E-state index is 4.65. The minimum Gasteiger partial charge on any atom is -0.362 e. The van der Waals surface area contributed by atoms with Gasteiger partial charge in [-0.3, -0.25) is 4.98 Å². The number of aromatic nitrogens is 2. The summed E-state index contributed by atoms with van der Waals surface area (Å²) in [4.78, 5) is 9.14. The molecule has 0 aliphatic heterocycles. The molecule has 0 fully saturated rings. The first-order chi connectivity index (χ1) is 9.24. The van der Waals surface area contributed by atoms with Crippen LogP contribution in [-0.2, 0) is 12.8 Å². The zero-order chi connectivity index (χ0) is 13.7. The second kappa shape index (κ2) is 6.32. The Kier molecular flexibility index (Phi) is 4.50. The fourth-order valence-electron chi connectivity index (χ4n) is 2.03. The van der Waals surface area contributed by atoms with E-state index >= 15 is 0 Å². The maximum absolute atomic E-state index is 4.65. The standard InChI is InChI=1S/C16H21N3/c1-4-14-11-17-15(5-2)16(19-14)18-12(3)13-9-7-6-8-10-13/h6-12H,4-5H2,1-3H3,(H,18,19)/t12-/m1/s1. The third kappa shape index (κ3) is 3.31. The number of hydrogen-bond donors (Lipinski definition) is 1. The predicted molar refractivity (Wildman–Crippen MR) is 79.3 cm³/mol. The topological polar surface area (TPSA) is 37.8 Å². The third-order valence-electron chi connectivity index (χ3n) is 3.25. The molecule has 0 saturated heterocycles. The van der Waals surface area contributed by atoms with Gasteiger partial charge in [-0.25, -0.2) is 4.98 Å². The Morgan fingerprint density at radius 1 is 1.11 bits per heavy atom. The molecule has 0 aliphatic carbocycles. The van der Waals surface area contributed by atoms with Crippen molar-refractivity contribution in [3.8, 4) is 0 Å². The largest absolute Gasteiger partial charge is 0.362 e. The molecule has 19 heavy (non-hydrogen) atoms. The third-order valence-corrected chi connectivity index (χ3v) is 3.25. The Morgan fingerprint density at radius 3 is 2.47 bits per heavy atom. The van der Waals surface area contributed by atoms with Gasteiger partial charge in [0, 0.05) is 6.20 Å². The molecule has 1 aromatic heterocycles. The van der Waals surface area contributed by atoms with Crippen molar-refractivity contribution in [2.24, 2.45) is 0 Å². The first-order valence-electron chi connectivity index (χ1n) is 6.90. The van der Waals surface area contributed by atoms with Gasteiger partial charge in [-0.2, -0.15) is 0 Å². The summed E-state index contributed by atoms with van der Waals surface area (Å²) in [5.41, 5.74) is 3.31. The molecule has 1 aromatic carbocycles. The average molecular weight is 255 g/mol. The molecule has 0 amide bonds. The number of benzene rings is 1. The Bertz CT molecular complexity index is 523. The van der Waals surface area contributed by atoms with Crippen molar-refractivity contribution >= 4 is 5.82 Å². The monoisotopic (exact) mass is 255 g/mol. The summed E-state index contributed by atoms with van der Waals surface area (Å²) in [5, 5.41) is 3.48. The minimum atomic E-state index is 0.230. The van der Waals surface area contributed by atoms with Crippen molar-refractivity contribution in [1.29, 1.82) is 0 Å². The van der Waals surface area contributed by atoms with E-state index in [0.29, 0.717) is 0 Å².